The van der Waals surface area contributed by atoms with Gasteiger partial charge in [-0.05, 0) is 24.1 Å². The number of benzene rings is 2. The molecule has 0 amide bonds. The first-order valence-corrected chi connectivity index (χ1v) is 12.2. The molecule has 0 aliphatic carbocycles. The van der Waals surface area contributed by atoms with E-state index in [0.29, 0.717) is 17.8 Å². The van der Waals surface area contributed by atoms with E-state index in [2.05, 4.69) is 58.5 Å². The summed E-state index contributed by atoms with van der Waals surface area (Å²) in [6, 6.07) is 20.8. The third-order valence-electron chi connectivity index (χ3n) is 6.05. The number of aromatic nitrogens is 2. The van der Waals surface area contributed by atoms with Crippen LogP contribution in [0.3, 0.4) is 0 Å². The predicted octanol–water partition coefficient (Wildman–Crippen LogP) is 4.12. The maximum Gasteiger partial charge on any atom is 0.259 e. The molecular formula is C26H28N4O2S. The molecule has 1 aliphatic rings. The van der Waals surface area contributed by atoms with E-state index in [4.69, 9.17) is 9.72 Å². The van der Waals surface area contributed by atoms with Crippen molar-refractivity contribution in [1.82, 2.24) is 20.2 Å². The number of ether oxygens (including phenoxy) is 1. The van der Waals surface area contributed by atoms with Crippen LogP contribution in [0, 0.1) is 6.92 Å². The first-order valence-electron chi connectivity index (χ1n) is 11.3. The number of nitrogens with one attached hydrogen (secondary N) is 2. The average Bonchev–Trinajstić information content (AvgIpc) is 3.29. The molecule has 1 saturated heterocycles. The van der Waals surface area contributed by atoms with Crippen LogP contribution < -0.4 is 10.9 Å². The summed E-state index contributed by atoms with van der Waals surface area (Å²) >= 11 is 1.56. The second-order valence-electron chi connectivity index (χ2n) is 8.47. The van der Waals surface area contributed by atoms with Gasteiger partial charge < -0.3 is 15.0 Å². The molecule has 4 aromatic rings. The van der Waals surface area contributed by atoms with Crippen molar-refractivity contribution in [3.05, 3.63) is 88.0 Å². The molecule has 2 N–H and O–H groups in total. The van der Waals surface area contributed by atoms with Crippen LogP contribution in [-0.2, 0) is 11.3 Å². The van der Waals surface area contributed by atoms with Crippen LogP contribution >= 0.6 is 11.3 Å². The monoisotopic (exact) mass is 460 g/mol. The maximum atomic E-state index is 12.8. The zero-order valence-corrected chi connectivity index (χ0v) is 19.5. The Balaban J connectivity index is 1.37. The van der Waals surface area contributed by atoms with Gasteiger partial charge in [-0.3, -0.25) is 9.69 Å². The number of H-pyrrole nitrogens is 1. The van der Waals surface area contributed by atoms with Crippen molar-refractivity contribution in [2.24, 2.45) is 0 Å². The van der Waals surface area contributed by atoms with E-state index in [1.54, 1.807) is 11.3 Å². The summed E-state index contributed by atoms with van der Waals surface area (Å²) in [5, 5.41) is 4.28. The van der Waals surface area contributed by atoms with Crippen LogP contribution in [0.4, 0.5) is 0 Å². The third-order valence-corrected chi connectivity index (χ3v) is 7.13. The van der Waals surface area contributed by atoms with E-state index < -0.39 is 0 Å². The number of morpholine rings is 1. The third kappa shape index (κ3) is 5.23. The SMILES string of the molecule is Cc1ccc([C@@H](CN2CCOCC2)NCc2nc3sc(-c4ccccc4)cc3c(=O)[nH]2)cc1. The summed E-state index contributed by atoms with van der Waals surface area (Å²) in [5.74, 6) is 0.660. The Hall–Kier alpha value is -2.84. The number of rotatable bonds is 7. The zero-order chi connectivity index (χ0) is 22.6. The fraction of sp³-hybridized carbons (Fsp3) is 0.308. The van der Waals surface area contributed by atoms with Crippen LogP contribution in [-0.4, -0.2) is 47.7 Å². The molecule has 2 aromatic heterocycles. The van der Waals surface area contributed by atoms with Crippen LogP contribution in [0.1, 0.15) is 23.0 Å². The highest BCUT2D eigenvalue weighted by atomic mass is 32.1. The Bertz CT molecular complexity index is 1260. The summed E-state index contributed by atoms with van der Waals surface area (Å²) in [4.78, 5) is 24.8. The normalized spacial score (nSPS) is 15.7. The van der Waals surface area contributed by atoms with Gasteiger partial charge in [0.25, 0.3) is 5.56 Å². The highest BCUT2D eigenvalue weighted by Gasteiger charge is 2.19. The summed E-state index contributed by atoms with van der Waals surface area (Å²) in [6.07, 6.45) is 0. The van der Waals surface area contributed by atoms with Gasteiger partial charge in [-0.15, -0.1) is 11.3 Å². The Morgan fingerprint density at radius 1 is 1.12 bits per heavy atom. The minimum Gasteiger partial charge on any atom is -0.379 e. The maximum absolute atomic E-state index is 12.8. The van der Waals surface area contributed by atoms with Gasteiger partial charge in [-0.25, -0.2) is 4.98 Å². The highest BCUT2D eigenvalue weighted by molar-refractivity contribution is 7.21. The number of aromatic amines is 1. The van der Waals surface area contributed by atoms with E-state index in [0.717, 1.165) is 48.1 Å². The van der Waals surface area contributed by atoms with E-state index in [1.165, 1.54) is 11.1 Å². The molecule has 3 heterocycles. The van der Waals surface area contributed by atoms with E-state index in [-0.39, 0.29) is 11.6 Å². The van der Waals surface area contributed by atoms with Crippen LogP contribution in [0.2, 0.25) is 0 Å². The lowest BCUT2D eigenvalue weighted by Gasteiger charge is -2.31. The zero-order valence-electron chi connectivity index (χ0n) is 18.7. The number of aryl methyl sites for hydroxylation is 1. The first kappa shape index (κ1) is 22.0. The number of nitrogens with zero attached hydrogens (tertiary/aromatic N) is 2. The van der Waals surface area contributed by atoms with Crippen molar-refractivity contribution in [1.29, 1.82) is 0 Å². The molecule has 170 valence electrons. The highest BCUT2D eigenvalue weighted by Crippen LogP contribution is 2.30. The molecule has 2 aromatic carbocycles. The predicted molar refractivity (Wildman–Crippen MR) is 134 cm³/mol. The largest absolute Gasteiger partial charge is 0.379 e. The van der Waals surface area contributed by atoms with Gasteiger partial charge in [-0.1, -0.05) is 60.2 Å². The van der Waals surface area contributed by atoms with Crippen molar-refractivity contribution < 1.29 is 4.74 Å². The van der Waals surface area contributed by atoms with Crippen molar-refractivity contribution >= 4 is 21.6 Å². The quantitative estimate of drug-likeness (QED) is 0.434. The molecule has 0 spiro atoms. The van der Waals surface area contributed by atoms with Crippen LogP contribution in [0.15, 0.2) is 65.5 Å². The van der Waals surface area contributed by atoms with Gasteiger partial charge in [-0.2, -0.15) is 0 Å². The molecule has 1 aliphatic heterocycles. The summed E-state index contributed by atoms with van der Waals surface area (Å²) in [7, 11) is 0. The molecular weight excluding hydrogens is 432 g/mol. The molecule has 0 unspecified atom stereocenters. The van der Waals surface area contributed by atoms with Crippen molar-refractivity contribution in [2.45, 2.75) is 19.5 Å². The van der Waals surface area contributed by atoms with Crippen molar-refractivity contribution in [2.75, 3.05) is 32.8 Å². The Labute approximate surface area is 197 Å². The van der Waals surface area contributed by atoms with E-state index in [9.17, 15) is 4.79 Å². The Kier molecular flexibility index (Phi) is 6.64. The second-order valence-corrected chi connectivity index (χ2v) is 9.50. The lowest BCUT2D eigenvalue weighted by Crippen LogP contribution is -2.42. The Morgan fingerprint density at radius 2 is 1.88 bits per heavy atom. The van der Waals surface area contributed by atoms with Gasteiger partial charge in [0.2, 0.25) is 0 Å². The summed E-state index contributed by atoms with van der Waals surface area (Å²) < 4.78 is 5.51. The van der Waals surface area contributed by atoms with Crippen molar-refractivity contribution in [3.63, 3.8) is 0 Å². The standard InChI is InChI=1S/C26H28N4O2S/c1-18-7-9-19(10-8-18)22(17-30-11-13-32-14-12-30)27-16-24-28-25(31)21-15-23(33-26(21)29-24)20-5-3-2-4-6-20/h2-10,15,22,27H,11-14,16-17H2,1H3,(H,28,29,31)/t22-/m1/s1. The van der Waals surface area contributed by atoms with Gasteiger partial charge in [0.1, 0.15) is 10.7 Å². The summed E-state index contributed by atoms with van der Waals surface area (Å²) in [5.41, 5.74) is 3.49. The minimum atomic E-state index is -0.0877. The average molecular weight is 461 g/mol. The fourth-order valence-electron chi connectivity index (χ4n) is 4.15. The van der Waals surface area contributed by atoms with Crippen LogP contribution in [0.25, 0.3) is 20.7 Å². The Morgan fingerprint density at radius 3 is 2.64 bits per heavy atom. The van der Waals surface area contributed by atoms with E-state index in [1.807, 2.05) is 24.3 Å². The topological polar surface area (TPSA) is 70.2 Å². The van der Waals surface area contributed by atoms with Gasteiger partial charge in [0.05, 0.1) is 25.1 Å². The van der Waals surface area contributed by atoms with E-state index >= 15 is 0 Å². The fourth-order valence-corrected chi connectivity index (χ4v) is 5.21. The number of hydrogen-bond acceptors (Lipinski definition) is 6. The number of hydrogen-bond donors (Lipinski definition) is 2. The molecule has 1 atom stereocenters. The van der Waals surface area contributed by atoms with Crippen molar-refractivity contribution in [3.8, 4) is 10.4 Å². The molecule has 6 nitrogen and oxygen atoms in total. The lowest BCUT2D eigenvalue weighted by molar-refractivity contribution is 0.0333. The van der Waals surface area contributed by atoms with Crippen LogP contribution in [0.5, 0.6) is 0 Å². The molecule has 0 saturated carbocycles. The van der Waals surface area contributed by atoms with Gasteiger partial charge in [0, 0.05) is 30.6 Å². The molecule has 0 radical (unpaired) electrons. The summed E-state index contributed by atoms with van der Waals surface area (Å²) in [6.45, 7) is 6.89. The molecule has 0 bridgehead atoms. The number of thiophene rings is 1. The minimum absolute atomic E-state index is 0.0877. The smallest absolute Gasteiger partial charge is 0.259 e. The molecule has 33 heavy (non-hydrogen) atoms. The van der Waals surface area contributed by atoms with Gasteiger partial charge >= 0.3 is 0 Å². The second kappa shape index (κ2) is 9.97. The number of fused-ring (bicyclic) bond motifs is 1. The first-order chi connectivity index (χ1) is 16.2. The lowest BCUT2D eigenvalue weighted by atomic mass is 10.0. The molecule has 1 fully saturated rings. The molecule has 5 rings (SSSR count). The van der Waals surface area contributed by atoms with Gasteiger partial charge in [0.15, 0.2) is 0 Å². The molecule has 7 heteroatoms.